The lowest BCUT2D eigenvalue weighted by Crippen LogP contribution is -2.22. The average molecular weight is 210 g/mol. The van der Waals surface area contributed by atoms with Gasteiger partial charge in [-0.2, -0.15) is 0 Å². The molecule has 2 N–H and O–H groups in total. The van der Waals surface area contributed by atoms with E-state index in [1.807, 2.05) is 6.92 Å². The minimum atomic E-state index is -0.411. The fraction of sp³-hybridized carbons (Fsp3) is 0.400. The monoisotopic (exact) mass is 210 g/mol. The van der Waals surface area contributed by atoms with Gasteiger partial charge in [0.15, 0.2) is 0 Å². The van der Waals surface area contributed by atoms with Gasteiger partial charge in [-0.15, -0.1) is 0 Å². The Labute approximate surface area is 88.0 Å². The van der Waals surface area contributed by atoms with E-state index in [1.54, 1.807) is 19.1 Å². The second kappa shape index (κ2) is 4.75. The molecule has 1 aromatic rings. The Kier molecular flexibility index (Phi) is 3.62. The Morgan fingerprint density at radius 3 is 2.73 bits per heavy atom. The first-order valence-electron chi connectivity index (χ1n) is 4.66. The SMILES string of the molecule is Cc1cc(OC(C)CN)ccc1[N+](=O)[O-]. The average Bonchev–Trinajstić information content (AvgIpc) is 2.17. The van der Waals surface area contributed by atoms with E-state index in [4.69, 9.17) is 10.5 Å². The highest BCUT2D eigenvalue weighted by Crippen LogP contribution is 2.23. The van der Waals surface area contributed by atoms with Crippen molar-refractivity contribution in [3.8, 4) is 5.75 Å². The normalized spacial score (nSPS) is 12.2. The van der Waals surface area contributed by atoms with Gasteiger partial charge in [0.1, 0.15) is 11.9 Å². The zero-order valence-electron chi connectivity index (χ0n) is 8.77. The number of nitro benzene ring substituents is 1. The number of aryl methyl sites for hydroxylation is 1. The zero-order valence-corrected chi connectivity index (χ0v) is 8.77. The first kappa shape index (κ1) is 11.5. The van der Waals surface area contributed by atoms with Crippen molar-refractivity contribution >= 4 is 5.69 Å². The summed E-state index contributed by atoms with van der Waals surface area (Å²) in [5, 5.41) is 10.6. The summed E-state index contributed by atoms with van der Waals surface area (Å²) in [6, 6.07) is 4.66. The van der Waals surface area contributed by atoms with Gasteiger partial charge in [0.25, 0.3) is 5.69 Å². The van der Waals surface area contributed by atoms with Crippen molar-refractivity contribution in [2.75, 3.05) is 6.54 Å². The van der Waals surface area contributed by atoms with E-state index in [2.05, 4.69) is 0 Å². The van der Waals surface area contributed by atoms with Crippen LogP contribution in [0.4, 0.5) is 5.69 Å². The number of rotatable bonds is 4. The Balaban J connectivity index is 2.87. The first-order valence-corrected chi connectivity index (χ1v) is 4.66. The number of ether oxygens (including phenoxy) is 1. The maximum Gasteiger partial charge on any atom is 0.272 e. The summed E-state index contributed by atoms with van der Waals surface area (Å²) in [5.41, 5.74) is 6.09. The van der Waals surface area contributed by atoms with Crippen LogP contribution in [0.15, 0.2) is 18.2 Å². The van der Waals surface area contributed by atoms with Crippen LogP contribution in [0, 0.1) is 17.0 Å². The van der Waals surface area contributed by atoms with Gasteiger partial charge < -0.3 is 10.5 Å². The van der Waals surface area contributed by atoms with Crippen LogP contribution in [0.2, 0.25) is 0 Å². The quantitative estimate of drug-likeness (QED) is 0.605. The largest absolute Gasteiger partial charge is 0.489 e. The highest BCUT2D eigenvalue weighted by Gasteiger charge is 2.11. The standard InChI is InChI=1S/C10H14N2O3/c1-7-5-9(15-8(2)6-11)3-4-10(7)12(13)14/h3-5,8H,6,11H2,1-2H3. The van der Waals surface area contributed by atoms with Crippen molar-refractivity contribution in [3.63, 3.8) is 0 Å². The van der Waals surface area contributed by atoms with Crippen LogP contribution < -0.4 is 10.5 Å². The van der Waals surface area contributed by atoms with Crippen molar-refractivity contribution < 1.29 is 9.66 Å². The molecule has 0 aliphatic rings. The molecule has 1 aromatic carbocycles. The molecular formula is C10H14N2O3. The highest BCUT2D eigenvalue weighted by molar-refractivity contribution is 5.44. The van der Waals surface area contributed by atoms with Gasteiger partial charge >= 0.3 is 0 Å². The van der Waals surface area contributed by atoms with Gasteiger partial charge in [-0.05, 0) is 26.0 Å². The smallest absolute Gasteiger partial charge is 0.272 e. The number of hydrogen-bond donors (Lipinski definition) is 1. The molecule has 1 unspecified atom stereocenters. The molecule has 0 aliphatic heterocycles. The molecule has 5 nitrogen and oxygen atoms in total. The van der Waals surface area contributed by atoms with Crippen molar-refractivity contribution in [1.82, 2.24) is 0 Å². The number of benzene rings is 1. The number of nitrogens with zero attached hydrogens (tertiary/aromatic N) is 1. The molecule has 82 valence electrons. The maximum atomic E-state index is 10.6. The predicted octanol–water partition coefficient (Wildman–Crippen LogP) is 1.63. The van der Waals surface area contributed by atoms with Gasteiger partial charge in [0.05, 0.1) is 4.92 Å². The van der Waals surface area contributed by atoms with Crippen LogP contribution in [-0.4, -0.2) is 17.6 Å². The molecule has 0 saturated heterocycles. The van der Waals surface area contributed by atoms with Gasteiger partial charge in [0, 0.05) is 18.2 Å². The minimum absolute atomic E-state index is 0.0918. The molecule has 0 saturated carbocycles. The molecule has 0 aromatic heterocycles. The molecule has 15 heavy (non-hydrogen) atoms. The molecule has 0 fully saturated rings. The number of hydrogen-bond acceptors (Lipinski definition) is 4. The van der Waals surface area contributed by atoms with Gasteiger partial charge in [-0.3, -0.25) is 10.1 Å². The Morgan fingerprint density at radius 2 is 2.27 bits per heavy atom. The van der Waals surface area contributed by atoms with E-state index >= 15 is 0 Å². The van der Waals surface area contributed by atoms with Crippen molar-refractivity contribution in [2.24, 2.45) is 5.73 Å². The summed E-state index contributed by atoms with van der Waals surface area (Å²) < 4.78 is 5.43. The van der Waals surface area contributed by atoms with Crippen molar-refractivity contribution in [1.29, 1.82) is 0 Å². The van der Waals surface area contributed by atoms with Crippen LogP contribution in [0.25, 0.3) is 0 Å². The predicted molar refractivity (Wildman–Crippen MR) is 57.0 cm³/mol. The van der Waals surface area contributed by atoms with E-state index < -0.39 is 4.92 Å². The molecular weight excluding hydrogens is 196 g/mol. The molecule has 1 atom stereocenters. The van der Waals surface area contributed by atoms with Gasteiger partial charge in [0.2, 0.25) is 0 Å². The van der Waals surface area contributed by atoms with Gasteiger partial charge in [-0.1, -0.05) is 0 Å². The van der Waals surface area contributed by atoms with E-state index in [1.165, 1.54) is 6.07 Å². The molecule has 0 spiro atoms. The Morgan fingerprint density at radius 1 is 1.60 bits per heavy atom. The summed E-state index contributed by atoms with van der Waals surface area (Å²) >= 11 is 0. The van der Waals surface area contributed by atoms with E-state index in [9.17, 15) is 10.1 Å². The van der Waals surface area contributed by atoms with E-state index in [-0.39, 0.29) is 11.8 Å². The lowest BCUT2D eigenvalue weighted by Gasteiger charge is -2.12. The minimum Gasteiger partial charge on any atom is -0.489 e. The summed E-state index contributed by atoms with van der Waals surface area (Å²) in [6.45, 7) is 3.94. The summed E-state index contributed by atoms with van der Waals surface area (Å²) in [4.78, 5) is 10.1. The molecule has 0 aliphatic carbocycles. The Bertz CT molecular complexity index is 366. The summed E-state index contributed by atoms with van der Waals surface area (Å²) in [7, 11) is 0. The lowest BCUT2D eigenvalue weighted by molar-refractivity contribution is -0.385. The second-order valence-electron chi connectivity index (χ2n) is 3.37. The number of nitrogens with two attached hydrogens (primary N) is 1. The third kappa shape index (κ3) is 2.92. The second-order valence-corrected chi connectivity index (χ2v) is 3.37. The maximum absolute atomic E-state index is 10.6. The van der Waals surface area contributed by atoms with Crippen LogP contribution in [0.5, 0.6) is 5.75 Å². The molecule has 5 heteroatoms. The molecule has 0 radical (unpaired) electrons. The van der Waals surface area contributed by atoms with Crippen LogP contribution in [0.3, 0.4) is 0 Å². The van der Waals surface area contributed by atoms with Crippen LogP contribution in [0.1, 0.15) is 12.5 Å². The third-order valence-corrected chi connectivity index (χ3v) is 2.03. The number of nitro groups is 1. The van der Waals surface area contributed by atoms with Gasteiger partial charge in [-0.25, -0.2) is 0 Å². The van der Waals surface area contributed by atoms with Crippen molar-refractivity contribution in [3.05, 3.63) is 33.9 Å². The summed E-state index contributed by atoms with van der Waals surface area (Å²) in [6.07, 6.45) is -0.0918. The molecule has 1 rings (SSSR count). The first-order chi connectivity index (χ1) is 7.04. The molecule has 0 heterocycles. The fourth-order valence-corrected chi connectivity index (χ4v) is 1.19. The van der Waals surface area contributed by atoms with Crippen LogP contribution >= 0.6 is 0 Å². The fourth-order valence-electron chi connectivity index (χ4n) is 1.19. The van der Waals surface area contributed by atoms with Crippen LogP contribution in [-0.2, 0) is 0 Å². The Hall–Kier alpha value is -1.62. The van der Waals surface area contributed by atoms with E-state index in [0.29, 0.717) is 17.9 Å². The van der Waals surface area contributed by atoms with Crippen molar-refractivity contribution in [2.45, 2.75) is 20.0 Å². The van der Waals surface area contributed by atoms with E-state index in [0.717, 1.165) is 0 Å². The topological polar surface area (TPSA) is 78.4 Å². The molecule has 0 bridgehead atoms. The highest BCUT2D eigenvalue weighted by atomic mass is 16.6. The zero-order chi connectivity index (χ0) is 11.4. The molecule has 0 amide bonds. The lowest BCUT2D eigenvalue weighted by atomic mass is 10.2. The third-order valence-electron chi connectivity index (χ3n) is 2.03. The summed E-state index contributed by atoms with van der Waals surface area (Å²) in [5.74, 6) is 0.607.